The first-order valence-corrected chi connectivity index (χ1v) is 7.72. The van der Waals surface area contributed by atoms with Crippen LogP contribution in [0.15, 0.2) is 48.5 Å². The molecule has 1 atom stereocenters. The first-order chi connectivity index (χ1) is 11.9. The Hall–Kier alpha value is -3.22. The third-order valence-electron chi connectivity index (χ3n) is 3.83. The molecule has 0 spiro atoms. The fourth-order valence-electron chi connectivity index (χ4n) is 2.48. The molecule has 0 radical (unpaired) electrons. The monoisotopic (exact) mass is 342 g/mol. The number of esters is 1. The molecule has 0 bridgehead atoms. The third-order valence-corrected chi connectivity index (χ3v) is 3.83. The first kappa shape index (κ1) is 18.1. The van der Waals surface area contributed by atoms with Gasteiger partial charge in [0, 0.05) is 11.6 Å². The van der Waals surface area contributed by atoms with Crippen LogP contribution in [0, 0.1) is 10.1 Å². The highest BCUT2D eigenvalue weighted by atomic mass is 16.6. The number of nitrogens with zero attached hydrogens (tertiary/aromatic N) is 1. The van der Waals surface area contributed by atoms with Crippen molar-refractivity contribution in [2.75, 3.05) is 0 Å². The van der Waals surface area contributed by atoms with Gasteiger partial charge in [0.25, 0.3) is 5.69 Å². The van der Waals surface area contributed by atoms with Gasteiger partial charge >= 0.3 is 5.97 Å². The fourth-order valence-corrected chi connectivity index (χ4v) is 2.48. The molecule has 0 aromatic heterocycles. The maximum Gasteiger partial charge on any atom is 0.313 e. The van der Waals surface area contributed by atoms with Gasteiger partial charge in [-0.05, 0) is 24.1 Å². The van der Waals surface area contributed by atoms with Gasteiger partial charge < -0.3 is 10.5 Å². The van der Waals surface area contributed by atoms with E-state index >= 15 is 0 Å². The smallest absolute Gasteiger partial charge is 0.313 e. The van der Waals surface area contributed by atoms with E-state index in [1.807, 2.05) is 37.3 Å². The Morgan fingerprint density at radius 3 is 2.44 bits per heavy atom. The molecule has 7 nitrogen and oxygen atoms in total. The number of hydrogen-bond acceptors (Lipinski definition) is 5. The van der Waals surface area contributed by atoms with Gasteiger partial charge in [-0.25, -0.2) is 0 Å². The number of carbonyl (C=O) groups excluding carboxylic acids is 2. The molecule has 7 heteroatoms. The lowest BCUT2D eigenvalue weighted by Gasteiger charge is -2.14. The molecule has 130 valence electrons. The lowest BCUT2D eigenvalue weighted by Crippen LogP contribution is -2.16. The summed E-state index contributed by atoms with van der Waals surface area (Å²) in [5, 5.41) is 11.2. The summed E-state index contributed by atoms with van der Waals surface area (Å²) < 4.78 is 5.27. The number of amides is 1. The Labute approximate surface area is 144 Å². The summed E-state index contributed by atoms with van der Waals surface area (Å²) in [6, 6.07) is 13.0. The number of nitro benzene ring substituents is 1. The van der Waals surface area contributed by atoms with E-state index in [2.05, 4.69) is 0 Å². The zero-order valence-electron chi connectivity index (χ0n) is 13.7. The molecule has 0 saturated heterocycles. The van der Waals surface area contributed by atoms with Crippen molar-refractivity contribution in [3.63, 3.8) is 0 Å². The summed E-state index contributed by atoms with van der Waals surface area (Å²) in [6.45, 7) is 1.61. The van der Waals surface area contributed by atoms with Gasteiger partial charge in [0.1, 0.15) is 6.61 Å². The fraction of sp³-hybridized carbons (Fsp3) is 0.222. The van der Waals surface area contributed by atoms with E-state index < -0.39 is 22.7 Å². The zero-order chi connectivity index (χ0) is 18.4. The highest BCUT2D eigenvalue weighted by Crippen LogP contribution is 2.24. The van der Waals surface area contributed by atoms with Crippen molar-refractivity contribution in [3.8, 4) is 0 Å². The van der Waals surface area contributed by atoms with E-state index in [1.165, 1.54) is 12.1 Å². The molecule has 0 aliphatic carbocycles. The molecule has 0 fully saturated rings. The number of carbonyl (C=O) groups is 2. The third kappa shape index (κ3) is 4.41. The maximum absolute atomic E-state index is 12.3. The van der Waals surface area contributed by atoms with E-state index in [9.17, 15) is 19.7 Å². The van der Waals surface area contributed by atoms with E-state index in [-0.39, 0.29) is 23.4 Å². The average molecular weight is 342 g/mol. The molecule has 0 saturated carbocycles. The number of benzene rings is 2. The van der Waals surface area contributed by atoms with Crippen molar-refractivity contribution in [2.45, 2.75) is 25.9 Å². The summed E-state index contributed by atoms with van der Waals surface area (Å²) in [5.74, 6) is -1.66. The Morgan fingerprint density at radius 2 is 1.88 bits per heavy atom. The molecule has 0 aliphatic rings. The second-order valence-corrected chi connectivity index (χ2v) is 5.44. The number of ether oxygens (including phenoxy) is 1. The van der Waals surface area contributed by atoms with Crippen LogP contribution in [-0.2, 0) is 16.1 Å². The van der Waals surface area contributed by atoms with Crippen molar-refractivity contribution in [1.82, 2.24) is 0 Å². The van der Waals surface area contributed by atoms with Crippen LogP contribution in [0.1, 0.15) is 40.7 Å². The highest BCUT2D eigenvalue weighted by Gasteiger charge is 2.22. The van der Waals surface area contributed by atoms with Gasteiger partial charge in [-0.15, -0.1) is 0 Å². The molecule has 2 aromatic carbocycles. The van der Waals surface area contributed by atoms with Crippen LogP contribution in [-0.4, -0.2) is 16.8 Å². The topological polar surface area (TPSA) is 113 Å². The van der Waals surface area contributed by atoms with E-state index in [0.29, 0.717) is 6.42 Å². The Bertz CT molecular complexity index is 789. The minimum absolute atomic E-state index is 0.0255. The molecule has 2 rings (SSSR count). The van der Waals surface area contributed by atoms with Crippen LogP contribution in [0.5, 0.6) is 0 Å². The SMILES string of the molecule is CC[C@@H](C(=O)OCc1ccc(C(N)=O)cc1[N+](=O)[O-])c1ccccc1. The predicted molar refractivity (Wildman–Crippen MR) is 90.9 cm³/mol. The molecule has 0 heterocycles. The number of nitro groups is 1. The van der Waals surface area contributed by atoms with Gasteiger partial charge in [0.05, 0.1) is 16.4 Å². The van der Waals surface area contributed by atoms with Crippen LogP contribution in [0.25, 0.3) is 0 Å². The van der Waals surface area contributed by atoms with Gasteiger partial charge in [0.2, 0.25) is 5.91 Å². The number of primary amides is 1. The quantitative estimate of drug-likeness (QED) is 0.472. The van der Waals surface area contributed by atoms with Crippen molar-refractivity contribution in [2.24, 2.45) is 5.73 Å². The van der Waals surface area contributed by atoms with E-state index in [0.717, 1.165) is 11.6 Å². The number of nitrogens with two attached hydrogens (primary N) is 1. The molecular weight excluding hydrogens is 324 g/mol. The van der Waals surface area contributed by atoms with Gasteiger partial charge in [-0.1, -0.05) is 37.3 Å². The summed E-state index contributed by atoms with van der Waals surface area (Å²) in [6.07, 6.45) is 0.547. The largest absolute Gasteiger partial charge is 0.460 e. The molecular formula is C18H18N2O5. The molecule has 2 N–H and O–H groups in total. The van der Waals surface area contributed by atoms with E-state index in [1.54, 1.807) is 0 Å². The second kappa shape index (κ2) is 8.05. The molecule has 25 heavy (non-hydrogen) atoms. The van der Waals surface area contributed by atoms with Crippen LogP contribution < -0.4 is 5.73 Å². The normalized spacial score (nSPS) is 11.6. The minimum Gasteiger partial charge on any atom is -0.460 e. The lowest BCUT2D eigenvalue weighted by molar-refractivity contribution is -0.385. The summed E-state index contributed by atoms with van der Waals surface area (Å²) in [5.41, 5.74) is 5.87. The Balaban J connectivity index is 2.16. The summed E-state index contributed by atoms with van der Waals surface area (Å²) in [4.78, 5) is 34.0. The average Bonchev–Trinajstić information content (AvgIpc) is 2.61. The molecule has 2 aromatic rings. The summed E-state index contributed by atoms with van der Waals surface area (Å²) in [7, 11) is 0. The van der Waals surface area contributed by atoms with E-state index in [4.69, 9.17) is 10.5 Å². The Morgan fingerprint density at radius 1 is 1.20 bits per heavy atom. The van der Waals surface area contributed by atoms with Crippen molar-refractivity contribution < 1.29 is 19.2 Å². The zero-order valence-corrected chi connectivity index (χ0v) is 13.7. The molecule has 0 unspecified atom stereocenters. The molecule has 0 aliphatic heterocycles. The van der Waals surface area contributed by atoms with Crippen LogP contribution in [0.3, 0.4) is 0 Å². The van der Waals surface area contributed by atoms with Gasteiger partial charge in [0.15, 0.2) is 0 Å². The van der Waals surface area contributed by atoms with Gasteiger partial charge in [-0.2, -0.15) is 0 Å². The highest BCUT2D eigenvalue weighted by molar-refractivity contribution is 5.93. The van der Waals surface area contributed by atoms with Gasteiger partial charge in [-0.3, -0.25) is 19.7 Å². The first-order valence-electron chi connectivity index (χ1n) is 7.72. The second-order valence-electron chi connectivity index (χ2n) is 5.44. The minimum atomic E-state index is -0.762. The van der Waals surface area contributed by atoms with Crippen LogP contribution >= 0.6 is 0 Å². The predicted octanol–water partition coefficient (Wildman–Crippen LogP) is 2.93. The maximum atomic E-state index is 12.3. The van der Waals surface area contributed by atoms with Crippen molar-refractivity contribution >= 4 is 17.6 Å². The van der Waals surface area contributed by atoms with Crippen molar-refractivity contribution in [3.05, 3.63) is 75.3 Å². The number of hydrogen-bond donors (Lipinski definition) is 1. The van der Waals surface area contributed by atoms with Crippen LogP contribution in [0.4, 0.5) is 5.69 Å². The lowest BCUT2D eigenvalue weighted by atomic mass is 9.97. The number of rotatable bonds is 7. The Kier molecular flexibility index (Phi) is 5.84. The molecule has 1 amide bonds. The van der Waals surface area contributed by atoms with Crippen molar-refractivity contribution in [1.29, 1.82) is 0 Å². The van der Waals surface area contributed by atoms with Crippen LogP contribution in [0.2, 0.25) is 0 Å². The summed E-state index contributed by atoms with van der Waals surface area (Å²) >= 11 is 0. The standard InChI is InChI=1S/C18H18N2O5/c1-2-15(12-6-4-3-5-7-12)18(22)25-11-14-9-8-13(17(19)21)10-16(14)20(23)24/h3-10,15H,2,11H2,1H3,(H2,19,21)/t15-/m1/s1.